The molecule has 134 valence electrons. The maximum Gasteiger partial charge on any atom is 0.00645 e. The Labute approximate surface area is 140 Å². The topological polar surface area (TPSA) is 52.0 Å². The average Bonchev–Trinajstić information content (AvgIpc) is 2.50. The highest BCUT2D eigenvalue weighted by Gasteiger charge is 2.20. The van der Waals surface area contributed by atoms with Gasteiger partial charge in [0.2, 0.25) is 0 Å². The van der Waals surface area contributed by atoms with Gasteiger partial charge in [-0.05, 0) is 43.6 Å². The second kappa shape index (κ2) is 13.4. The summed E-state index contributed by atoms with van der Waals surface area (Å²) in [5.74, 6) is 0.692. The van der Waals surface area contributed by atoms with Crippen LogP contribution in [-0.2, 0) is 0 Å². The molecule has 0 aromatic rings. The van der Waals surface area contributed by atoms with Crippen LogP contribution in [0.25, 0.3) is 0 Å². The molecule has 0 aliphatic carbocycles. The predicted molar refractivity (Wildman–Crippen MR) is 101 cm³/mol. The van der Waals surface area contributed by atoms with Gasteiger partial charge in [-0.2, -0.15) is 0 Å². The second-order valence-electron chi connectivity index (χ2n) is 7.85. The second-order valence-corrected chi connectivity index (χ2v) is 7.85. The van der Waals surface area contributed by atoms with Crippen LogP contribution in [0.1, 0.15) is 105 Å². The highest BCUT2D eigenvalue weighted by Crippen LogP contribution is 2.29. The molecule has 0 aromatic carbocycles. The molecule has 2 heteroatoms. The molecule has 0 saturated carbocycles. The molecule has 4 N–H and O–H groups in total. The molecule has 3 atom stereocenters. The van der Waals surface area contributed by atoms with Crippen molar-refractivity contribution in [3.63, 3.8) is 0 Å². The third kappa shape index (κ3) is 10.6. The van der Waals surface area contributed by atoms with Crippen molar-refractivity contribution in [2.24, 2.45) is 22.8 Å². The Balaban J connectivity index is 3.51. The molecule has 0 amide bonds. The monoisotopic (exact) mass is 312 g/mol. The summed E-state index contributed by atoms with van der Waals surface area (Å²) in [4.78, 5) is 0. The highest BCUT2D eigenvalue weighted by molar-refractivity contribution is 4.74. The predicted octanol–water partition coefficient (Wildman–Crippen LogP) is 5.64. The van der Waals surface area contributed by atoms with Crippen molar-refractivity contribution >= 4 is 0 Å². The number of hydrogen-bond acceptors (Lipinski definition) is 2. The van der Waals surface area contributed by atoms with E-state index in [1.807, 2.05) is 0 Å². The minimum Gasteiger partial charge on any atom is -0.330 e. The highest BCUT2D eigenvalue weighted by atomic mass is 14.6. The summed E-state index contributed by atoms with van der Waals surface area (Å²) in [6.45, 7) is 10.0. The smallest absolute Gasteiger partial charge is 0.00645 e. The largest absolute Gasteiger partial charge is 0.330 e. The summed E-state index contributed by atoms with van der Waals surface area (Å²) in [6.07, 6.45) is 15.7. The summed E-state index contributed by atoms with van der Waals surface area (Å²) in [5, 5.41) is 0. The Kier molecular flexibility index (Phi) is 13.3. The molecule has 0 aliphatic heterocycles. The zero-order valence-corrected chi connectivity index (χ0v) is 16.0. The third-order valence-electron chi connectivity index (χ3n) is 5.39. The zero-order chi connectivity index (χ0) is 16.8. The summed E-state index contributed by atoms with van der Waals surface area (Å²) < 4.78 is 0. The lowest BCUT2D eigenvalue weighted by Crippen LogP contribution is -2.27. The van der Waals surface area contributed by atoms with Gasteiger partial charge in [0.1, 0.15) is 0 Å². The van der Waals surface area contributed by atoms with Gasteiger partial charge in [0.15, 0.2) is 0 Å². The third-order valence-corrected chi connectivity index (χ3v) is 5.39. The quantitative estimate of drug-likeness (QED) is 0.385. The van der Waals surface area contributed by atoms with E-state index in [4.69, 9.17) is 11.5 Å². The maximum atomic E-state index is 6.25. The van der Waals surface area contributed by atoms with Crippen molar-refractivity contribution in [3.8, 4) is 0 Å². The van der Waals surface area contributed by atoms with E-state index in [9.17, 15) is 0 Å². The van der Waals surface area contributed by atoms with Crippen LogP contribution in [0.5, 0.6) is 0 Å². The van der Waals surface area contributed by atoms with E-state index in [0.29, 0.717) is 17.4 Å². The van der Waals surface area contributed by atoms with E-state index < -0.39 is 0 Å². The molecule has 0 saturated heterocycles. The Bertz CT molecular complexity index is 242. The number of rotatable bonds is 15. The number of hydrogen-bond donors (Lipinski definition) is 2. The fourth-order valence-electron chi connectivity index (χ4n) is 3.53. The Morgan fingerprint density at radius 2 is 1.41 bits per heavy atom. The van der Waals surface area contributed by atoms with Crippen molar-refractivity contribution in [2.75, 3.05) is 6.54 Å². The summed E-state index contributed by atoms with van der Waals surface area (Å²) in [7, 11) is 0. The first-order valence-electron chi connectivity index (χ1n) is 9.94. The fourth-order valence-corrected chi connectivity index (χ4v) is 3.53. The molecule has 0 aromatic heterocycles. The van der Waals surface area contributed by atoms with Crippen LogP contribution >= 0.6 is 0 Å². The molecule has 2 nitrogen and oxygen atoms in total. The first-order chi connectivity index (χ1) is 10.5. The first-order valence-corrected chi connectivity index (χ1v) is 9.94. The summed E-state index contributed by atoms with van der Waals surface area (Å²) in [6, 6.07) is 0.416. The minimum atomic E-state index is 0.386. The van der Waals surface area contributed by atoms with Gasteiger partial charge >= 0.3 is 0 Å². The lowest BCUT2D eigenvalue weighted by atomic mass is 9.80. The van der Waals surface area contributed by atoms with Gasteiger partial charge < -0.3 is 11.5 Å². The van der Waals surface area contributed by atoms with Crippen molar-refractivity contribution in [2.45, 2.75) is 111 Å². The molecule has 22 heavy (non-hydrogen) atoms. The van der Waals surface area contributed by atoms with Crippen molar-refractivity contribution in [1.82, 2.24) is 0 Å². The van der Waals surface area contributed by atoms with E-state index in [1.165, 1.54) is 77.0 Å². The van der Waals surface area contributed by atoms with Gasteiger partial charge in [-0.15, -0.1) is 0 Å². The van der Waals surface area contributed by atoms with Gasteiger partial charge in [0.25, 0.3) is 0 Å². The molecule has 0 radical (unpaired) electrons. The van der Waals surface area contributed by atoms with Crippen LogP contribution in [-0.4, -0.2) is 12.6 Å². The molecular formula is C20H44N2. The van der Waals surface area contributed by atoms with Gasteiger partial charge in [-0.25, -0.2) is 0 Å². The van der Waals surface area contributed by atoms with Crippen molar-refractivity contribution in [3.05, 3.63) is 0 Å². The molecule has 0 aliphatic rings. The molecule has 0 spiro atoms. The first kappa shape index (κ1) is 21.9. The van der Waals surface area contributed by atoms with Crippen LogP contribution in [0, 0.1) is 11.3 Å². The van der Waals surface area contributed by atoms with Crippen LogP contribution in [0.4, 0.5) is 0 Å². The van der Waals surface area contributed by atoms with Crippen LogP contribution < -0.4 is 11.5 Å². The van der Waals surface area contributed by atoms with Crippen LogP contribution in [0.2, 0.25) is 0 Å². The normalized spacial score (nSPS) is 17.2. The zero-order valence-electron chi connectivity index (χ0n) is 16.0. The van der Waals surface area contributed by atoms with Crippen LogP contribution in [0.15, 0.2) is 0 Å². The Morgan fingerprint density at radius 1 is 0.818 bits per heavy atom. The van der Waals surface area contributed by atoms with Gasteiger partial charge in [-0.1, -0.05) is 79.1 Å². The average molecular weight is 313 g/mol. The van der Waals surface area contributed by atoms with Crippen LogP contribution in [0.3, 0.4) is 0 Å². The van der Waals surface area contributed by atoms with Gasteiger partial charge in [0.05, 0.1) is 0 Å². The van der Waals surface area contributed by atoms with Gasteiger partial charge in [-0.3, -0.25) is 0 Å². The summed E-state index contributed by atoms with van der Waals surface area (Å²) >= 11 is 0. The van der Waals surface area contributed by atoms with E-state index in [1.54, 1.807) is 0 Å². The minimum absolute atomic E-state index is 0.386. The summed E-state index contributed by atoms with van der Waals surface area (Å²) in [5.41, 5.74) is 12.6. The maximum absolute atomic E-state index is 6.25. The molecule has 3 unspecified atom stereocenters. The molecule has 0 rings (SSSR count). The Hall–Kier alpha value is -0.0800. The van der Waals surface area contributed by atoms with Crippen molar-refractivity contribution in [1.29, 1.82) is 0 Å². The number of nitrogens with two attached hydrogens (primary N) is 2. The number of unbranched alkanes of at least 4 members (excludes halogenated alkanes) is 5. The standard InChI is InChI=1S/C20H44N2/c1-5-13-18(3)19(22)14-11-9-7-8-10-12-16-20(4,17-21)15-6-2/h18-19H,5-17,21-22H2,1-4H3. The molecule has 0 heterocycles. The molecule has 0 fully saturated rings. The van der Waals surface area contributed by atoms with E-state index >= 15 is 0 Å². The van der Waals surface area contributed by atoms with E-state index in [-0.39, 0.29) is 0 Å². The Morgan fingerprint density at radius 3 is 1.95 bits per heavy atom. The van der Waals surface area contributed by atoms with E-state index in [2.05, 4.69) is 27.7 Å². The van der Waals surface area contributed by atoms with Gasteiger partial charge in [0, 0.05) is 6.04 Å². The molecular weight excluding hydrogens is 268 g/mol. The van der Waals surface area contributed by atoms with E-state index in [0.717, 1.165) is 6.54 Å². The lowest BCUT2D eigenvalue weighted by molar-refractivity contribution is 0.268. The van der Waals surface area contributed by atoms with Crippen molar-refractivity contribution < 1.29 is 0 Å². The SMILES string of the molecule is CCCC(C)C(N)CCCCCCCCC(C)(CN)CCC. The lowest BCUT2D eigenvalue weighted by Gasteiger charge is -2.27. The molecule has 0 bridgehead atoms. The fraction of sp³-hybridized carbons (Fsp3) is 1.00.